The van der Waals surface area contributed by atoms with E-state index in [0.717, 1.165) is 5.56 Å². The number of rotatable bonds is 4. The van der Waals surface area contributed by atoms with Gasteiger partial charge in [0.2, 0.25) is 0 Å². The molecule has 4 nitrogen and oxygen atoms in total. The molecule has 108 valence electrons. The fourth-order valence-corrected chi connectivity index (χ4v) is 1.79. The van der Waals surface area contributed by atoms with Gasteiger partial charge in [-0.2, -0.15) is 0 Å². The highest BCUT2D eigenvalue weighted by Crippen LogP contribution is 2.11. The summed E-state index contributed by atoms with van der Waals surface area (Å²) in [5.41, 5.74) is 1.05. The van der Waals surface area contributed by atoms with Crippen LogP contribution in [0.5, 0.6) is 0 Å². The zero-order valence-electron chi connectivity index (χ0n) is 11.3. The highest BCUT2D eigenvalue weighted by molar-refractivity contribution is 6.39. The van der Waals surface area contributed by atoms with E-state index >= 15 is 0 Å². The zero-order chi connectivity index (χ0) is 15.1. The van der Waals surface area contributed by atoms with Crippen molar-refractivity contribution in [2.75, 3.05) is 11.9 Å². The summed E-state index contributed by atoms with van der Waals surface area (Å²) < 4.78 is 13.3. The van der Waals surface area contributed by atoms with E-state index in [4.69, 9.17) is 0 Å². The molecule has 0 fully saturated rings. The SMILES string of the molecule is O=C(NCCc1ccccc1)C(=O)Nc1ccccc1F. The van der Waals surface area contributed by atoms with Gasteiger partial charge in [-0.3, -0.25) is 9.59 Å². The molecule has 21 heavy (non-hydrogen) atoms. The molecular weight excluding hydrogens is 271 g/mol. The maximum absolute atomic E-state index is 13.3. The van der Waals surface area contributed by atoms with Crippen LogP contribution < -0.4 is 10.6 Å². The molecule has 2 aromatic rings. The molecule has 0 aromatic heterocycles. The van der Waals surface area contributed by atoms with Crippen LogP contribution in [0, 0.1) is 5.82 Å². The Balaban J connectivity index is 1.81. The first kappa shape index (κ1) is 14.7. The Kier molecular flexibility index (Phi) is 5.04. The number of halogens is 1. The van der Waals surface area contributed by atoms with E-state index in [-0.39, 0.29) is 5.69 Å². The van der Waals surface area contributed by atoms with Gasteiger partial charge in [-0.05, 0) is 24.1 Å². The fraction of sp³-hybridized carbons (Fsp3) is 0.125. The number of carbonyl (C=O) groups is 2. The third-order valence-corrected chi connectivity index (χ3v) is 2.87. The molecule has 2 rings (SSSR count). The molecule has 0 heterocycles. The molecule has 0 atom stereocenters. The molecule has 0 spiro atoms. The van der Waals surface area contributed by atoms with E-state index in [1.54, 1.807) is 6.07 Å². The highest BCUT2D eigenvalue weighted by atomic mass is 19.1. The largest absolute Gasteiger partial charge is 0.347 e. The maximum atomic E-state index is 13.3. The van der Waals surface area contributed by atoms with Gasteiger partial charge < -0.3 is 10.6 Å². The van der Waals surface area contributed by atoms with Gasteiger partial charge in [-0.15, -0.1) is 0 Å². The normalized spacial score (nSPS) is 9.95. The second-order valence-electron chi connectivity index (χ2n) is 4.43. The first-order valence-electron chi connectivity index (χ1n) is 6.54. The Morgan fingerprint density at radius 2 is 1.57 bits per heavy atom. The number of amides is 2. The first-order valence-corrected chi connectivity index (χ1v) is 6.54. The second-order valence-corrected chi connectivity index (χ2v) is 4.43. The first-order chi connectivity index (χ1) is 10.2. The number of nitrogens with one attached hydrogen (secondary N) is 2. The van der Waals surface area contributed by atoms with Gasteiger partial charge in [0.05, 0.1) is 5.69 Å². The lowest BCUT2D eigenvalue weighted by Crippen LogP contribution is -2.36. The lowest BCUT2D eigenvalue weighted by atomic mass is 10.1. The average Bonchev–Trinajstić information content (AvgIpc) is 2.50. The van der Waals surface area contributed by atoms with Gasteiger partial charge in [0.25, 0.3) is 0 Å². The number of benzene rings is 2. The Hall–Kier alpha value is -2.69. The summed E-state index contributed by atoms with van der Waals surface area (Å²) in [6.07, 6.45) is 0.625. The minimum atomic E-state index is -0.881. The quantitative estimate of drug-likeness (QED) is 0.846. The third-order valence-electron chi connectivity index (χ3n) is 2.87. The van der Waals surface area contributed by atoms with Gasteiger partial charge in [0.1, 0.15) is 5.82 Å². The minimum Gasteiger partial charge on any atom is -0.347 e. The van der Waals surface area contributed by atoms with Crippen LogP contribution >= 0.6 is 0 Å². The van der Waals surface area contributed by atoms with E-state index in [2.05, 4.69) is 10.6 Å². The van der Waals surface area contributed by atoms with Gasteiger partial charge in [0, 0.05) is 6.54 Å². The minimum absolute atomic E-state index is 0.0132. The molecule has 2 aromatic carbocycles. The number of para-hydroxylation sites is 1. The third kappa shape index (κ3) is 4.42. The van der Waals surface area contributed by atoms with Crippen molar-refractivity contribution in [1.82, 2.24) is 5.32 Å². The van der Waals surface area contributed by atoms with Crippen LogP contribution in [0.1, 0.15) is 5.56 Å². The van der Waals surface area contributed by atoms with Gasteiger partial charge >= 0.3 is 11.8 Å². The van der Waals surface area contributed by atoms with Gasteiger partial charge in [-0.25, -0.2) is 4.39 Å². The van der Waals surface area contributed by atoms with Crippen LogP contribution in [-0.4, -0.2) is 18.4 Å². The lowest BCUT2D eigenvalue weighted by molar-refractivity contribution is -0.136. The van der Waals surface area contributed by atoms with E-state index in [0.29, 0.717) is 13.0 Å². The molecule has 0 aliphatic heterocycles. The lowest BCUT2D eigenvalue weighted by Gasteiger charge is -2.07. The molecule has 0 saturated heterocycles. The van der Waals surface area contributed by atoms with Crippen molar-refractivity contribution in [3.8, 4) is 0 Å². The molecule has 2 amide bonds. The molecule has 2 N–H and O–H groups in total. The molecule has 0 aliphatic rings. The fourth-order valence-electron chi connectivity index (χ4n) is 1.79. The second kappa shape index (κ2) is 7.19. The monoisotopic (exact) mass is 286 g/mol. The number of carbonyl (C=O) groups excluding carboxylic acids is 2. The van der Waals surface area contributed by atoms with Crippen LogP contribution in [0.15, 0.2) is 54.6 Å². The van der Waals surface area contributed by atoms with Crippen LogP contribution in [0.25, 0.3) is 0 Å². The summed E-state index contributed by atoms with van der Waals surface area (Å²) in [5.74, 6) is -2.25. The van der Waals surface area contributed by atoms with Crippen molar-refractivity contribution in [2.45, 2.75) is 6.42 Å². The van der Waals surface area contributed by atoms with Crippen LogP contribution in [0.4, 0.5) is 10.1 Å². The van der Waals surface area contributed by atoms with E-state index in [9.17, 15) is 14.0 Å². The van der Waals surface area contributed by atoms with Crippen molar-refractivity contribution >= 4 is 17.5 Å². The van der Waals surface area contributed by atoms with Crippen molar-refractivity contribution in [3.63, 3.8) is 0 Å². The van der Waals surface area contributed by atoms with E-state index < -0.39 is 17.6 Å². The maximum Gasteiger partial charge on any atom is 0.313 e. The zero-order valence-corrected chi connectivity index (χ0v) is 11.3. The summed E-state index contributed by atoms with van der Waals surface area (Å²) in [4.78, 5) is 23.2. The van der Waals surface area contributed by atoms with Gasteiger partial charge in [-0.1, -0.05) is 42.5 Å². The highest BCUT2D eigenvalue weighted by Gasteiger charge is 2.14. The molecule has 0 saturated carbocycles. The summed E-state index contributed by atoms with van der Waals surface area (Å²) in [7, 11) is 0. The van der Waals surface area contributed by atoms with Gasteiger partial charge in [0.15, 0.2) is 0 Å². The average molecular weight is 286 g/mol. The van der Waals surface area contributed by atoms with E-state index in [1.165, 1.54) is 18.2 Å². The molecule has 0 aliphatic carbocycles. The van der Waals surface area contributed by atoms with E-state index in [1.807, 2.05) is 30.3 Å². The Morgan fingerprint density at radius 1 is 0.905 bits per heavy atom. The smallest absolute Gasteiger partial charge is 0.313 e. The Bertz CT molecular complexity index is 629. The Labute approximate surface area is 122 Å². The topological polar surface area (TPSA) is 58.2 Å². The van der Waals surface area contributed by atoms with Crippen molar-refractivity contribution in [2.24, 2.45) is 0 Å². The van der Waals surface area contributed by atoms with Crippen LogP contribution in [0.2, 0.25) is 0 Å². The molecule has 0 bridgehead atoms. The summed E-state index contributed by atoms with van der Waals surface area (Å²) in [6.45, 7) is 0.341. The van der Waals surface area contributed by atoms with Crippen molar-refractivity contribution in [1.29, 1.82) is 0 Å². The number of anilines is 1. The number of hydrogen-bond acceptors (Lipinski definition) is 2. The summed E-state index contributed by atoms with van der Waals surface area (Å²) in [5, 5.41) is 4.73. The predicted molar refractivity (Wildman–Crippen MR) is 78.2 cm³/mol. The van der Waals surface area contributed by atoms with Crippen LogP contribution in [-0.2, 0) is 16.0 Å². The molecular formula is C16H15FN2O2. The summed E-state index contributed by atoms with van der Waals surface area (Å²) in [6, 6.07) is 15.3. The van der Waals surface area contributed by atoms with Crippen LogP contribution in [0.3, 0.4) is 0 Å². The van der Waals surface area contributed by atoms with Crippen molar-refractivity contribution in [3.05, 3.63) is 66.0 Å². The molecule has 5 heteroatoms. The molecule has 0 unspecified atom stereocenters. The molecule has 0 radical (unpaired) electrons. The predicted octanol–water partition coefficient (Wildman–Crippen LogP) is 2.12. The summed E-state index contributed by atoms with van der Waals surface area (Å²) >= 11 is 0. The number of hydrogen-bond donors (Lipinski definition) is 2. The standard InChI is InChI=1S/C16H15FN2O2/c17-13-8-4-5-9-14(13)19-16(21)15(20)18-11-10-12-6-2-1-3-7-12/h1-9H,10-11H2,(H,18,20)(H,19,21). The van der Waals surface area contributed by atoms with Crippen molar-refractivity contribution < 1.29 is 14.0 Å². The Morgan fingerprint density at radius 3 is 2.29 bits per heavy atom.